The normalized spacial score (nSPS) is 28.0. The second-order valence-corrected chi connectivity index (χ2v) is 7.36. The van der Waals surface area contributed by atoms with Crippen molar-refractivity contribution < 1.29 is 9.18 Å². The van der Waals surface area contributed by atoms with E-state index in [0.717, 1.165) is 38.2 Å². The molecule has 4 rings (SSSR count). The topological polar surface area (TPSA) is 26.8 Å². The average molecular weight is 331 g/mol. The number of benzene rings is 1. The summed E-state index contributed by atoms with van der Waals surface area (Å²) in [5, 5.41) is 0. The molecular formula is C19H26FN3O. The summed E-state index contributed by atoms with van der Waals surface area (Å²) in [4.78, 5) is 19.5. The van der Waals surface area contributed by atoms with Crippen molar-refractivity contribution in [2.24, 2.45) is 0 Å². The average Bonchev–Trinajstić information content (AvgIpc) is 3.27. The third kappa shape index (κ3) is 3.20. The number of fused-ring (bicyclic) bond motifs is 1. The van der Waals surface area contributed by atoms with Gasteiger partial charge in [0.25, 0.3) is 0 Å². The van der Waals surface area contributed by atoms with Crippen LogP contribution in [0.2, 0.25) is 0 Å². The van der Waals surface area contributed by atoms with E-state index in [0.29, 0.717) is 24.4 Å². The standard InChI is InChI=1S/C19H26FN3O/c20-16-5-3-15(4-6-16)14-22-10-7-17-18(22)13-19(24)23(17)12-11-21-8-1-2-9-21/h3-6,17-18H,1-2,7-14H2/t17-,18+/m0/s1. The van der Waals surface area contributed by atoms with Crippen LogP contribution < -0.4 is 0 Å². The van der Waals surface area contributed by atoms with Crippen LogP contribution in [0, 0.1) is 5.82 Å². The van der Waals surface area contributed by atoms with Gasteiger partial charge in [0.15, 0.2) is 0 Å². The van der Waals surface area contributed by atoms with Crippen LogP contribution in [0.15, 0.2) is 24.3 Å². The van der Waals surface area contributed by atoms with Gasteiger partial charge < -0.3 is 9.80 Å². The first-order chi connectivity index (χ1) is 11.7. The third-order valence-electron chi connectivity index (χ3n) is 5.88. The number of carbonyl (C=O) groups excluding carboxylic acids is 1. The summed E-state index contributed by atoms with van der Waals surface area (Å²) in [5.41, 5.74) is 1.13. The van der Waals surface area contributed by atoms with E-state index in [9.17, 15) is 9.18 Å². The lowest BCUT2D eigenvalue weighted by Crippen LogP contribution is -2.41. The summed E-state index contributed by atoms with van der Waals surface area (Å²) in [6.07, 6.45) is 4.31. The molecule has 0 aromatic heterocycles. The maximum atomic E-state index is 13.1. The number of carbonyl (C=O) groups is 1. The largest absolute Gasteiger partial charge is 0.337 e. The van der Waals surface area contributed by atoms with Crippen molar-refractivity contribution in [3.05, 3.63) is 35.6 Å². The fourth-order valence-corrected chi connectivity index (χ4v) is 4.58. The minimum absolute atomic E-state index is 0.192. The van der Waals surface area contributed by atoms with Crippen LogP contribution in [-0.2, 0) is 11.3 Å². The van der Waals surface area contributed by atoms with E-state index in [1.807, 2.05) is 12.1 Å². The zero-order valence-corrected chi connectivity index (χ0v) is 14.2. The highest BCUT2D eigenvalue weighted by atomic mass is 19.1. The minimum Gasteiger partial charge on any atom is -0.337 e. The summed E-state index contributed by atoms with van der Waals surface area (Å²) in [6.45, 7) is 6.12. The lowest BCUT2D eigenvalue weighted by molar-refractivity contribution is -0.129. The van der Waals surface area contributed by atoms with Crippen LogP contribution in [0.4, 0.5) is 4.39 Å². The van der Waals surface area contributed by atoms with Crippen LogP contribution in [-0.4, -0.2) is 65.4 Å². The van der Waals surface area contributed by atoms with Crippen molar-refractivity contribution in [1.29, 1.82) is 0 Å². The molecule has 0 bridgehead atoms. The van der Waals surface area contributed by atoms with Gasteiger partial charge in [-0.2, -0.15) is 0 Å². The molecule has 0 N–H and O–H groups in total. The zero-order chi connectivity index (χ0) is 16.5. The molecule has 0 saturated carbocycles. The Morgan fingerprint density at radius 2 is 1.75 bits per heavy atom. The molecule has 3 saturated heterocycles. The van der Waals surface area contributed by atoms with Crippen LogP contribution in [0.25, 0.3) is 0 Å². The number of halogens is 1. The molecule has 24 heavy (non-hydrogen) atoms. The van der Waals surface area contributed by atoms with Crippen LogP contribution >= 0.6 is 0 Å². The van der Waals surface area contributed by atoms with E-state index in [-0.39, 0.29) is 5.82 Å². The number of amides is 1. The smallest absolute Gasteiger partial charge is 0.224 e. The number of hydrogen-bond acceptors (Lipinski definition) is 3. The van der Waals surface area contributed by atoms with Crippen molar-refractivity contribution in [3.8, 4) is 0 Å². The first kappa shape index (κ1) is 16.0. The Kier molecular flexibility index (Phi) is 4.55. The fourth-order valence-electron chi connectivity index (χ4n) is 4.58. The Labute approximate surface area is 143 Å². The molecule has 0 spiro atoms. The highest BCUT2D eigenvalue weighted by Crippen LogP contribution is 2.33. The van der Waals surface area contributed by atoms with Gasteiger partial charge >= 0.3 is 0 Å². The van der Waals surface area contributed by atoms with E-state index >= 15 is 0 Å². The second-order valence-electron chi connectivity index (χ2n) is 7.36. The Bertz CT molecular complexity index is 585. The lowest BCUT2D eigenvalue weighted by Gasteiger charge is -2.27. The van der Waals surface area contributed by atoms with Gasteiger partial charge in [0.2, 0.25) is 5.91 Å². The molecule has 3 fully saturated rings. The molecule has 3 aliphatic rings. The van der Waals surface area contributed by atoms with Crippen molar-refractivity contribution in [2.75, 3.05) is 32.7 Å². The molecule has 3 aliphatic heterocycles. The van der Waals surface area contributed by atoms with Gasteiger partial charge in [-0.3, -0.25) is 9.69 Å². The molecule has 4 nitrogen and oxygen atoms in total. The zero-order valence-electron chi connectivity index (χ0n) is 14.2. The first-order valence-electron chi connectivity index (χ1n) is 9.21. The van der Waals surface area contributed by atoms with Crippen molar-refractivity contribution in [2.45, 2.75) is 44.3 Å². The predicted molar refractivity (Wildman–Crippen MR) is 91.0 cm³/mol. The summed E-state index contributed by atoms with van der Waals surface area (Å²) in [7, 11) is 0. The Morgan fingerprint density at radius 1 is 1.00 bits per heavy atom. The van der Waals surface area contributed by atoms with Gasteiger partial charge in [-0.05, 0) is 50.0 Å². The van der Waals surface area contributed by atoms with E-state index < -0.39 is 0 Å². The van der Waals surface area contributed by atoms with E-state index in [1.165, 1.54) is 38.1 Å². The third-order valence-corrected chi connectivity index (χ3v) is 5.88. The molecule has 0 radical (unpaired) electrons. The highest BCUT2D eigenvalue weighted by Gasteiger charge is 2.46. The number of nitrogens with zero attached hydrogens (tertiary/aromatic N) is 3. The monoisotopic (exact) mass is 331 g/mol. The fraction of sp³-hybridized carbons (Fsp3) is 0.632. The maximum Gasteiger partial charge on any atom is 0.224 e. The van der Waals surface area contributed by atoms with Crippen LogP contribution in [0.1, 0.15) is 31.2 Å². The molecule has 130 valence electrons. The Morgan fingerprint density at radius 3 is 2.50 bits per heavy atom. The van der Waals surface area contributed by atoms with Crippen molar-refractivity contribution >= 4 is 5.91 Å². The summed E-state index contributed by atoms with van der Waals surface area (Å²) in [6, 6.07) is 7.45. The van der Waals surface area contributed by atoms with Gasteiger partial charge in [-0.15, -0.1) is 0 Å². The van der Waals surface area contributed by atoms with E-state index in [2.05, 4.69) is 14.7 Å². The molecule has 1 amide bonds. The second kappa shape index (κ2) is 6.81. The van der Waals surface area contributed by atoms with Gasteiger partial charge in [-0.1, -0.05) is 12.1 Å². The van der Waals surface area contributed by atoms with Crippen molar-refractivity contribution in [3.63, 3.8) is 0 Å². The molecular weight excluding hydrogens is 305 g/mol. The number of likely N-dealkylation sites (tertiary alicyclic amines) is 3. The molecule has 2 atom stereocenters. The molecule has 3 heterocycles. The first-order valence-corrected chi connectivity index (χ1v) is 9.21. The van der Waals surface area contributed by atoms with Gasteiger partial charge in [0.1, 0.15) is 5.82 Å². The summed E-state index contributed by atoms with van der Waals surface area (Å²) < 4.78 is 13.1. The molecule has 1 aromatic carbocycles. The van der Waals surface area contributed by atoms with E-state index in [4.69, 9.17) is 0 Å². The van der Waals surface area contributed by atoms with Crippen molar-refractivity contribution in [1.82, 2.24) is 14.7 Å². The van der Waals surface area contributed by atoms with Crippen LogP contribution in [0.5, 0.6) is 0 Å². The molecule has 1 aromatic rings. The number of hydrogen-bond donors (Lipinski definition) is 0. The minimum atomic E-state index is -0.192. The molecule has 5 heteroatoms. The van der Waals surface area contributed by atoms with Gasteiger partial charge in [0.05, 0.1) is 0 Å². The Balaban J connectivity index is 1.36. The maximum absolute atomic E-state index is 13.1. The summed E-state index contributed by atoms with van der Waals surface area (Å²) >= 11 is 0. The lowest BCUT2D eigenvalue weighted by atomic mass is 10.1. The van der Waals surface area contributed by atoms with Gasteiger partial charge in [0, 0.05) is 44.7 Å². The predicted octanol–water partition coefficient (Wildman–Crippen LogP) is 2.10. The summed E-state index contributed by atoms with van der Waals surface area (Å²) in [5.74, 6) is 0.121. The molecule has 0 unspecified atom stereocenters. The van der Waals surface area contributed by atoms with E-state index in [1.54, 1.807) is 0 Å². The highest BCUT2D eigenvalue weighted by molar-refractivity contribution is 5.80. The quantitative estimate of drug-likeness (QED) is 0.827. The Hall–Kier alpha value is -1.46. The van der Waals surface area contributed by atoms with Crippen LogP contribution in [0.3, 0.4) is 0 Å². The SMILES string of the molecule is O=C1C[C@@H]2[C@H](CCN2Cc2ccc(F)cc2)N1CCN1CCCC1. The number of rotatable bonds is 5. The molecule has 0 aliphatic carbocycles. The van der Waals surface area contributed by atoms with Gasteiger partial charge in [-0.25, -0.2) is 4.39 Å².